The summed E-state index contributed by atoms with van der Waals surface area (Å²) in [6.45, 7) is 0.896. The zero-order valence-electron chi connectivity index (χ0n) is 20.1. The molecule has 0 spiro atoms. The number of phenolic OH excluding ortho intramolecular Hbond substituents is 1. The van der Waals surface area contributed by atoms with Crippen molar-refractivity contribution in [3.8, 4) is 22.8 Å². The van der Waals surface area contributed by atoms with Gasteiger partial charge in [-0.3, -0.25) is 19.9 Å². The molecule has 1 unspecified atom stereocenters. The Labute approximate surface area is 212 Å². The fourth-order valence-corrected chi connectivity index (χ4v) is 4.89. The second-order valence-corrected chi connectivity index (χ2v) is 9.23. The third-order valence-electron chi connectivity index (χ3n) is 6.81. The van der Waals surface area contributed by atoms with Gasteiger partial charge in [0, 0.05) is 42.9 Å². The molecule has 1 atom stereocenters. The smallest absolute Gasteiger partial charge is 0.322 e. The van der Waals surface area contributed by atoms with Gasteiger partial charge in [0.25, 0.3) is 11.8 Å². The minimum absolute atomic E-state index is 0.0910. The first-order valence-electron chi connectivity index (χ1n) is 11.8. The number of nitrogens with zero attached hydrogens (tertiary/aromatic N) is 2. The number of fused-ring (bicyclic) bond motifs is 1. The summed E-state index contributed by atoms with van der Waals surface area (Å²) in [4.78, 5) is 43.8. The summed E-state index contributed by atoms with van der Waals surface area (Å²) in [5.74, 6) is -0.684. The van der Waals surface area contributed by atoms with Crippen molar-refractivity contribution in [2.24, 2.45) is 0 Å². The van der Waals surface area contributed by atoms with Crippen LogP contribution in [0.15, 0.2) is 54.7 Å². The molecule has 10 heteroatoms. The number of rotatable bonds is 8. The van der Waals surface area contributed by atoms with Crippen LogP contribution in [-0.4, -0.2) is 52.0 Å². The predicted octanol–water partition coefficient (Wildman–Crippen LogP) is 3.16. The van der Waals surface area contributed by atoms with Crippen LogP contribution in [0.2, 0.25) is 0 Å². The van der Waals surface area contributed by atoms with Crippen molar-refractivity contribution in [1.29, 1.82) is 0 Å². The molecule has 0 radical (unpaired) electrons. The van der Waals surface area contributed by atoms with E-state index in [0.717, 1.165) is 11.6 Å². The number of methoxy groups -OCH3 is 1. The molecule has 0 aliphatic carbocycles. The predicted molar refractivity (Wildman–Crippen MR) is 131 cm³/mol. The zero-order chi connectivity index (χ0) is 26.2. The van der Waals surface area contributed by atoms with Gasteiger partial charge in [0.1, 0.15) is 22.9 Å². The highest BCUT2D eigenvalue weighted by Gasteiger charge is 2.46. The van der Waals surface area contributed by atoms with E-state index in [4.69, 9.17) is 4.74 Å². The van der Waals surface area contributed by atoms with Gasteiger partial charge >= 0.3 is 6.03 Å². The van der Waals surface area contributed by atoms with Gasteiger partial charge in [-0.25, -0.2) is 9.18 Å². The van der Waals surface area contributed by atoms with E-state index in [1.807, 2.05) is 12.1 Å². The van der Waals surface area contributed by atoms with E-state index >= 15 is 0 Å². The molecule has 9 nitrogen and oxygen atoms in total. The topological polar surface area (TPSA) is 121 Å². The van der Waals surface area contributed by atoms with Crippen LogP contribution in [0.25, 0.3) is 11.3 Å². The van der Waals surface area contributed by atoms with Gasteiger partial charge in [-0.15, -0.1) is 0 Å². The van der Waals surface area contributed by atoms with Crippen molar-refractivity contribution in [2.45, 2.75) is 31.3 Å². The average Bonchev–Trinajstić information content (AvgIpc) is 3.34. The van der Waals surface area contributed by atoms with Gasteiger partial charge in [-0.1, -0.05) is 12.1 Å². The lowest BCUT2D eigenvalue weighted by Crippen LogP contribution is -2.49. The lowest BCUT2D eigenvalue weighted by molar-refractivity contribution is -0.124. The molecular formula is C27H25FN4O5. The van der Waals surface area contributed by atoms with E-state index in [0.29, 0.717) is 54.1 Å². The van der Waals surface area contributed by atoms with Crippen LogP contribution < -0.4 is 15.4 Å². The second-order valence-electron chi connectivity index (χ2n) is 9.23. The van der Waals surface area contributed by atoms with Crippen LogP contribution in [0.4, 0.5) is 9.18 Å². The third kappa shape index (κ3) is 4.69. The maximum atomic E-state index is 13.3. The van der Waals surface area contributed by atoms with Crippen LogP contribution in [0.1, 0.15) is 34.3 Å². The van der Waals surface area contributed by atoms with E-state index < -0.39 is 23.3 Å². The summed E-state index contributed by atoms with van der Waals surface area (Å²) >= 11 is 0. The summed E-state index contributed by atoms with van der Waals surface area (Å²) in [5, 5.41) is 15.1. The Morgan fingerprint density at radius 3 is 2.62 bits per heavy atom. The third-order valence-corrected chi connectivity index (χ3v) is 6.81. The number of benzene rings is 2. The van der Waals surface area contributed by atoms with Gasteiger partial charge in [0.05, 0.1) is 12.8 Å². The number of carbonyl (C=O) groups is 3. The monoisotopic (exact) mass is 504 g/mol. The number of nitrogens with one attached hydrogen (secondary N) is 2. The number of carbonyl (C=O) groups excluding carboxylic acids is 3. The Balaban J connectivity index is 1.28. The molecule has 1 aromatic heterocycles. The number of hydrogen-bond donors (Lipinski definition) is 3. The molecule has 2 aliphatic heterocycles. The Morgan fingerprint density at radius 1 is 1.11 bits per heavy atom. The molecule has 4 amide bonds. The summed E-state index contributed by atoms with van der Waals surface area (Å²) in [5.41, 5.74) is 1.86. The number of imide groups is 1. The number of hydrogen-bond acceptors (Lipinski definition) is 6. The van der Waals surface area contributed by atoms with E-state index in [2.05, 4.69) is 15.6 Å². The minimum Gasteiger partial charge on any atom is -0.507 e. The van der Waals surface area contributed by atoms with Gasteiger partial charge in [0.2, 0.25) is 0 Å². The van der Waals surface area contributed by atoms with Crippen LogP contribution in [0.3, 0.4) is 0 Å². The summed E-state index contributed by atoms with van der Waals surface area (Å²) < 4.78 is 18.5. The van der Waals surface area contributed by atoms with Crippen LogP contribution in [0, 0.1) is 5.82 Å². The molecule has 2 aliphatic rings. The lowest BCUT2D eigenvalue weighted by atomic mass is 9.86. The molecule has 2 aromatic carbocycles. The first kappa shape index (κ1) is 24.2. The molecule has 5 rings (SSSR count). The molecule has 1 fully saturated rings. The minimum atomic E-state index is -1.18. The van der Waals surface area contributed by atoms with E-state index in [1.54, 1.807) is 36.4 Å². The maximum absolute atomic E-state index is 13.3. The fourth-order valence-electron chi connectivity index (χ4n) is 4.89. The largest absolute Gasteiger partial charge is 0.507 e. The number of halogens is 1. The first-order chi connectivity index (χ1) is 17.8. The second kappa shape index (κ2) is 9.53. The Bertz CT molecular complexity index is 1390. The first-order valence-corrected chi connectivity index (χ1v) is 11.8. The maximum Gasteiger partial charge on any atom is 0.322 e. The van der Waals surface area contributed by atoms with Crippen LogP contribution >= 0.6 is 0 Å². The van der Waals surface area contributed by atoms with Crippen molar-refractivity contribution in [2.75, 3.05) is 13.7 Å². The Hall–Kier alpha value is -4.47. The number of aromatic hydroxyl groups is 1. The van der Waals surface area contributed by atoms with Crippen molar-refractivity contribution in [3.05, 3.63) is 77.2 Å². The molecular weight excluding hydrogens is 479 g/mol. The molecule has 37 heavy (non-hydrogen) atoms. The highest BCUT2D eigenvalue weighted by molar-refractivity contribution is 6.07. The number of pyridine rings is 1. The van der Waals surface area contributed by atoms with Crippen molar-refractivity contribution in [3.63, 3.8) is 0 Å². The molecule has 3 aromatic rings. The van der Waals surface area contributed by atoms with Gasteiger partial charge in [-0.05, 0) is 54.3 Å². The Kier molecular flexibility index (Phi) is 6.24. The standard InChI is InChI=1S/C27H25FN4O5/c1-37-19-6-4-17-15-32(24(34)21(17)12-19)10-2-9-27(25(35)30-26(36)31-27)13-16-3-8-22(29-14-16)20-7-5-18(28)11-23(20)33/h3-8,11-12,14,33H,2,9-10,13,15H2,1H3,(H2,30,31,35,36). The average molecular weight is 505 g/mol. The molecule has 190 valence electrons. The molecule has 0 saturated carbocycles. The van der Waals surface area contributed by atoms with Crippen molar-refractivity contribution >= 4 is 17.8 Å². The SMILES string of the molecule is COc1ccc2c(c1)C(=O)N(CCCC1(Cc3ccc(-c4ccc(F)cc4O)nc3)NC(=O)NC1=O)C2. The molecule has 3 N–H and O–H groups in total. The number of urea groups is 1. The Morgan fingerprint density at radius 2 is 1.95 bits per heavy atom. The lowest BCUT2D eigenvalue weighted by Gasteiger charge is -2.27. The normalized spacial score (nSPS) is 18.5. The number of phenols is 1. The fraction of sp³-hybridized carbons (Fsp3) is 0.259. The quantitative estimate of drug-likeness (QED) is 0.406. The molecule has 1 saturated heterocycles. The van der Waals surface area contributed by atoms with Crippen molar-refractivity contribution < 1.29 is 28.6 Å². The summed E-state index contributed by atoms with van der Waals surface area (Å²) in [6.07, 6.45) is 2.55. The summed E-state index contributed by atoms with van der Waals surface area (Å²) in [7, 11) is 1.55. The molecule has 0 bridgehead atoms. The number of ether oxygens (including phenoxy) is 1. The number of amides is 4. The van der Waals surface area contributed by atoms with Gasteiger partial charge in [-0.2, -0.15) is 0 Å². The van der Waals surface area contributed by atoms with Crippen LogP contribution in [0.5, 0.6) is 11.5 Å². The summed E-state index contributed by atoms with van der Waals surface area (Å²) in [6, 6.07) is 12.0. The molecule has 3 heterocycles. The van der Waals surface area contributed by atoms with E-state index in [9.17, 15) is 23.9 Å². The van der Waals surface area contributed by atoms with Crippen molar-refractivity contribution in [1.82, 2.24) is 20.5 Å². The highest BCUT2D eigenvalue weighted by Crippen LogP contribution is 2.31. The van der Waals surface area contributed by atoms with Gasteiger partial charge in [0.15, 0.2) is 0 Å². The van der Waals surface area contributed by atoms with E-state index in [1.165, 1.54) is 12.1 Å². The number of aromatic nitrogens is 1. The highest BCUT2D eigenvalue weighted by atomic mass is 19.1. The van der Waals surface area contributed by atoms with E-state index in [-0.39, 0.29) is 18.1 Å². The zero-order valence-corrected chi connectivity index (χ0v) is 20.1. The van der Waals surface area contributed by atoms with Gasteiger partial charge < -0.3 is 20.1 Å². The van der Waals surface area contributed by atoms with Crippen LogP contribution in [-0.2, 0) is 17.8 Å².